The number of aliphatic hydroxyl groups is 2. The summed E-state index contributed by atoms with van der Waals surface area (Å²) in [5.41, 5.74) is 6.02. The van der Waals surface area contributed by atoms with Gasteiger partial charge in [0.2, 0.25) is 5.91 Å². The molecule has 0 radical (unpaired) electrons. The van der Waals surface area contributed by atoms with Crippen LogP contribution in [0.4, 0.5) is 0 Å². The zero-order valence-electron chi connectivity index (χ0n) is 10.9. The summed E-state index contributed by atoms with van der Waals surface area (Å²) < 4.78 is 10.3. The maximum Gasteiger partial charge on any atom is 0.220 e. The Morgan fingerprint density at radius 3 is 2.21 bits per heavy atom. The zero-order valence-corrected chi connectivity index (χ0v) is 10.9. The number of ether oxygens (including phenoxy) is 2. The lowest BCUT2D eigenvalue weighted by Gasteiger charge is -2.23. The molecule has 0 heterocycles. The number of primary amides is 1. The van der Waals surface area contributed by atoms with Crippen LogP contribution in [0.3, 0.4) is 0 Å². The molecule has 0 aliphatic carbocycles. The average molecular weight is 269 g/mol. The van der Waals surface area contributed by atoms with Crippen LogP contribution in [0, 0.1) is 0 Å². The SMILES string of the molecule is COC(OC)c1ccccc1C(O)C(O)CC(N)=O. The number of carbonyl (C=O) groups excluding carboxylic acids is 1. The first kappa shape index (κ1) is 15.6. The molecule has 0 saturated carbocycles. The minimum Gasteiger partial charge on any atom is -0.390 e. The van der Waals surface area contributed by atoms with Crippen LogP contribution < -0.4 is 5.73 Å². The number of carbonyl (C=O) groups is 1. The smallest absolute Gasteiger partial charge is 0.220 e. The van der Waals surface area contributed by atoms with Crippen molar-refractivity contribution in [2.75, 3.05) is 14.2 Å². The van der Waals surface area contributed by atoms with Gasteiger partial charge in [-0.2, -0.15) is 0 Å². The van der Waals surface area contributed by atoms with Gasteiger partial charge in [0.1, 0.15) is 6.10 Å². The number of methoxy groups -OCH3 is 2. The maximum absolute atomic E-state index is 10.8. The number of rotatable bonds is 7. The van der Waals surface area contributed by atoms with Gasteiger partial charge >= 0.3 is 0 Å². The fraction of sp³-hybridized carbons (Fsp3) is 0.462. The van der Waals surface area contributed by atoms with Crippen LogP contribution in [0.1, 0.15) is 29.9 Å². The van der Waals surface area contributed by atoms with E-state index in [9.17, 15) is 15.0 Å². The third kappa shape index (κ3) is 4.00. The van der Waals surface area contributed by atoms with E-state index in [1.54, 1.807) is 24.3 Å². The molecule has 4 N–H and O–H groups in total. The second kappa shape index (κ2) is 7.20. The highest BCUT2D eigenvalue weighted by Gasteiger charge is 2.25. The fourth-order valence-corrected chi connectivity index (χ4v) is 1.87. The minimum atomic E-state index is -1.27. The molecule has 19 heavy (non-hydrogen) atoms. The van der Waals surface area contributed by atoms with Crippen molar-refractivity contribution in [1.29, 1.82) is 0 Å². The second-order valence-electron chi connectivity index (χ2n) is 4.11. The van der Waals surface area contributed by atoms with Crippen molar-refractivity contribution in [2.24, 2.45) is 5.73 Å². The van der Waals surface area contributed by atoms with Crippen LogP contribution in [0.5, 0.6) is 0 Å². The summed E-state index contributed by atoms with van der Waals surface area (Å²) in [6, 6.07) is 6.82. The molecule has 0 aliphatic heterocycles. The molecular weight excluding hydrogens is 250 g/mol. The lowest BCUT2D eigenvalue weighted by molar-refractivity contribution is -0.122. The number of hydrogen-bond donors (Lipinski definition) is 3. The summed E-state index contributed by atoms with van der Waals surface area (Å²) in [6.45, 7) is 0. The molecule has 0 bridgehead atoms. The molecule has 0 spiro atoms. The molecule has 1 aromatic carbocycles. The molecule has 2 unspecified atom stereocenters. The lowest BCUT2D eigenvalue weighted by atomic mass is 9.96. The Balaban J connectivity index is 3.02. The first-order chi connectivity index (χ1) is 9.01. The number of aliphatic hydroxyl groups excluding tert-OH is 2. The molecule has 0 saturated heterocycles. The number of benzene rings is 1. The molecule has 106 valence electrons. The first-order valence-corrected chi connectivity index (χ1v) is 5.80. The van der Waals surface area contributed by atoms with Crippen LogP contribution in [-0.4, -0.2) is 36.4 Å². The van der Waals surface area contributed by atoms with Crippen molar-refractivity contribution in [3.8, 4) is 0 Å². The molecule has 6 nitrogen and oxygen atoms in total. The summed E-state index contributed by atoms with van der Waals surface area (Å²) in [5.74, 6) is -0.681. The van der Waals surface area contributed by atoms with Gasteiger partial charge in [0.25, 0.3) is 0 Å². The van der Waals surface area contributed by atoms with Crippen molar-refractivity contribution in [2.45, 2.75) is 24.9 Å². The molecule has 1 rings (SSSR count). The highest BCUT2D eigenvalue weighted by Crippen LogP contribution is 2.28. The molecule has 0 fully saturated rings. The van der Waals surface area contributed by atoms with Gasteiger partial charge in [-0.1, -0.05) is 24.3 Å². The Kier molecular flexibility index (Phi) is 5.91. The Morgan fingerprint density at radius 1 is 1.21 bits per heavy atom. The normalized spacial score (nSPS) is 14.4. The third-order valence-corrected chi connectivity index (χ3v) is 2.77. The van der Waals surface area contributed by atoms with Gasteiger partial charge < -0.3 is 25.4 Å². The molecule has 2 atom stereocenters. The summed E-state index contributed by atoms with van der Waals surface area (Å²) in [7, 11) is 2.94. The lowest BCUT2D eigenvalue weighted by Crippen LogP contribution is -2.26. The predicted molar refractivity (Wildman–Crippen MR) is 68.0 cm³/mol. The molecule has 0 aliphatic rings. The van der Waals surface area contributed by atoms with E-state index in [2.05, 4.69) is 0 Å². The van der Waals surface area contributed by atoms with Gasteiger partial charge in [-0.05, 0) is 5.56 Å². The summed E-state index contributed by atoms with van der Waals surface area (Å²) in [5, 5.41) is 19.9. The number of nitrogens with two attached hydrogens (primary N) is 1. The van der Waals surface area contributed by atoms with Crippen molar-refractivity contribution in [1.82, 2.24) is 0 Å². The average Bonchev–Trinajstić information content (AvgIpc) is 2.39. The van der Waals surface area contributed by atoms with Crippen LogP contribution in [-0.2, 0) is 14.3 Å². The van der Waals surface area contributed by atoms with Crippen molar-refractivity contribution in [3.63, 3.8) is 0 Å². The molecular formula is C13H19NO5. The first-order valence-electron chi connectivity index (χ1n) is 5.80. The van der Waals surface area contributed by atoms with Gasteiger partial charge in [0.15, 0.2) is 6.29 Å². The zero-order chi connectivity index (χ0) is 14.4. The van der Waals surface area contributed by atoms with E-state index in [0.29, 0.717) is 11.1 Å². The summed E-state index contributed by atoms with van der Waals surface area (Å²) >= 11 is 0. The van der Waals surface area contributed by atoms with Crippen molar-refractivity contribution in [3.05, 3.63) is 35.4 Å². The molecule has 1 aromatic rings. The van der Waals surface area contributed by atoms with E-state index in [1.165, 1.54) is 14.2 Å². The van der Waals surface area contributed by atoms with Gasteiger partial charge in [-0.25, -0.2) is 0 Å². The number of hydrogen-bond acceptors (Lipinski definition) is 5. The van der Waals surface area contributed by atoms with Crippen molar-refractivity contribution >= 4 is 5.91 Å². The van der Waals surface area contributed by atoms with E-state index in [4.69, 9.17) is 15.2 Å². The summed E-state index contributed by atoms with van der Waals surface area (Å²) in [6.07, 6.45) is -3.49. The monoisotopic (exact) mass is 269 g/mol. The Hall–Kier alpha value is -1.47. The van der Waals surface area contributed by atoms with Crippen LogP contribution in [0.15, 0.2) is 24.3 Å². The standard InChI is InChI=1S/C13H19NO5/c1-18-13(19-2)9-6-4-3-5-8(9)12(17)10(15)7-11(14)16/h3-6,10,12-13,15,17H,7H2,1-2H3,(H2,14,16). The van der Waals surface area contributed by atoms with Gasteiger partial charge in [-0.3, -0.25) is 4.79 Å². The van der Waals surface area contributed by atoms with Crippen LogP contribution >= 0.6 is 0 Å². The van der Waals surface area contributed by atoms with Crippen LogP contribution in [0.2, 0.25) is 0 Å². The Labute approximate surface area is 111 Å². The Morgan fingerprint density at radius 2 is 1.74 bits per heavy atom. The topological polar surface area (TPSA) is 102 Å². The van der Waals surface area contributed by atoms with E-state index < -0.39 is 24.4 Å². The van der Waals surface area contributed by atoms with Crippen LogP contribution in [0.25, 0.3) is 0 Å². The fourth-order valence-electron chi connectivity index (χ4n) is 1.87. The molecule has 0 aromatic heterocycles. The van der Waals surface area contributed by atoms with E-state index in [0.717, 1.165) is 0 Å². The predicted octanol–water partition coefficient (Wildman–Crippen LogP) is 0.248. The van der Waals surface area contributed by atoms with E-state index >= 15 is 0 Å². The Bertz CT molecular complexity index is 419. The summed E-state index contributed by atoms with van der Waals surface area (Å²) in [4.78, 5) is 10.8. The number of amides is 1. The van der Waals surface area contributed by atoms with Gasteiger partial charge in [-0.15, -0.1) is 0 Å². The quantitative estimate of drug-likeness (QED) is 0.616. The third-order valence-electron chi connectivity index (χ3n) is 2.77. The maximum atomic E-state index is 10.8. The largest absolute Gasteiger partial charge is 0.390 e. The molecule has 1 amide bonds. The highest BCUT2D eigenvalue weighted by molar-refractivity contribution is 5.74. The van der Waals surface area contributed by atoms with Gasteiger partial charge in [0.05, 0.1) is 12.5 Å². The second-order valence-corrected chi connectivity index (χ2v) is 4.11. The van der Waals surface area contributed by atoms with Gasteiger partial charge in [0, 0.05) is 19.8 Å². The minimum absolute atomic E-state index is 0.319. The molecule has 6 heteroatoms. The highest BCUT2D eigenvalue weighted by atomic mass is 16.7. The van der Waals surface area contributed by atoms with E-state index in [1.807, 2.05) is 0 Å². The van der Waals surface area contributed by atoms with Crippen molar-refractivity contribution < 1.29 is 24.5 Å². The van der Waals surface area contributed by atoms with E-state index in [-0.39, 0.29) is 6.42 Å².